The summed E-state index contributed by atoms with van der Waals surface area (Å²) in [5.41, 5.74) is 1.93. The van der Waals surface area contributed by atoms with Gasteiger partial charge in [-0.25, -0.2) is 4.98 Å². The molecule has 1 amide bonds. The molecule has 7 heteroatoms. The Morgan fingerprint density at radius 3 is 2.62 bits per heavy atom. The number of oxazole rings is 1. The lowest BCUT2D eigenvalue weighted by atomic mass is 9.97. The van der Waals surface area contributed by atoms with Gasteiger partial charge in [-0.2, -0.15) is 10.2 Å². The van der Waals surface area contributed by atoms with Crippen LogP contribution in [-0.4, -0.2) is 49.8 Å². The Kier molecular flexibility index (Phi) is 4.00. The van der Waals surface area contributed by atoms with E-state index < -0.39 is 5.60 Å². The minimum absolute atomic E-state index is 0.239. The first-order valence-corrected chi connectivity index (χ1v) is 8.34. The number of hydrogen-bond acceptors (Lipinski definition) is 6. The molecule has 1 fully saturated rings. The van der Waals surface area contributed by atoms with Crippen molar-refractivity contribution in [2.75, 3.05) is 13.1 Å². The van der Waals surface area contributed by atoms with E-state index in [2.05, 4.69) is 15.2 Å². The van der Waals surface area contributed by atoms with Gasteiger partial charge in [0.1, 0.15) is 6.26 Å². The van der Waals surface area contributed by atoms with Crippen molar-refractivity contribution in [2.45, 2.75) is 18.9 Å². The molecule has 26 heavy (non-hydrogen) atoms. The monoisotopic (exact) mass is 350 g/mol. The second-order valence-electron chi connectivity index (χ2n) is 6.74. The third-order valence-corrected chi connectivity index (χ3v) is 4.24. The van der Waals surface area contributed by atoms with Gasteiger partial charge in [-0.15, -0.1) is 0 Å². The van der Waals surface area contributed by atoms with Gasteiger partial charge < -0.3 is 14.4 Å². The third-order valence-electron chi connectivity index (χ3n) is 4.24. The summed E-state index contributed by atoms with van der Waals surface area (Å²) in [6, 6.07) is 13.6. The number of β-amino-alcohol motifs (C(OH)–C–C–N with tert-alkyl or cyclic N) is 1. The van der Waals surface area contributed by atoms with Crippen molar-refractivity contribution in [3.8, 4) is 11.3 Å². The SMILES string of the molecule is CC1(O)CN(C(=O)c2coc(Cc3ccc(-c4ccccc4)nn3)n2)C1. The highest BCUT2D eigenvalue weighted by Crippen LogP contribution is 2.22. The van der Waals surface area contributed by atoms with Crippen LogP contribution in [0.3, 0.4) is 0 Å². The predicted octanol–water partition coefficient (Wildman–Crippen LogP) is 1.93. The molecule has 1 saturated heterocycles. The van der Waals surface area contributed by atoms with Gasteiger partial charge in [0.2, 0.25) is 5.89 Å². The van der Waals surface area contributed by atoms with Crippen LogP contribution in [0.5, 0.6) is 0 Å². The molecule has 0 aliphatic carbocycles. The van der Waals surface area contributed by atoms with Crippen LogP contribution >= 0.6 is 0 Å². The van der Waals surface area contributed by atoms with Crippen LogP contribution in [-0.2, 0) is 6.42 Å². The fourth-order valence-corrected chi connectivity index (χ4v) is 2.94. The topological polar surface area (TPSA) is 92.3 Å². The quantitative estimate of drug-likeness (QED) is 0.773. The van der Waals surface area contributed by atoms with E-state index in [1.54, 1.807) is 6.92 Å². The Hall–Kier alpha value is -3.06. The summed E-state index contributed by atoms with van der Waals surface area (Å²) < 4.78 is 5.39. The van der Waals surface area contributed by atoms with Crippen LogP contribution in [0.25, 0.3) is 11.3 Å². The van der Waals surface area contributed by atoms with E-state index in [0.717, 1.165) is 11.3 Å². The van der Waals surface area contributed by atoms with Gasteiger partial charge in [-0.05, 0) is 19.1 Å². The highest BCUT2D eigenvalue weighted by molar-refractivity contribution is 5.92. The molecule has 132 valence electrons. The summed E-state index contributed by atoms with van der Waals surface area (Å²) in [5.74, 6) is 0.166. The van der Waals surface area contributed by atoms with Gasteiger partial charge in [0.15, 0.2) is 5.69 Å². The van der Waals surface area contributed by atoms with Gasteiger partial charge in [0.05, 0.1) is 36.5 Å². The number of carbonyl (C=O) groups is 1. The number of likely N-dealkylation sites (tertiary alicyclic amines) is 1. The fraction of sp³-hybridized carbons (Fsp3) is 0.263. The van der Waals surface area contributed by atoms with Crippen molar-refractivity contribution in [3.63, 3.8) is 0 Å². The molecular formula is C19H18N4O3. The van der Waals surface area contributed by atoms with E-state index in [0.29, 0.717) is 31.1 Å². The highest BCUT2D eigenvalue weighted by atomic mass is 16.3. The first kappa shape index (κ1) is 16.4. The zero-order valence-electron chi connectivity index (χ0n) is 14.3. The summed E-state index contributed by atoms with van der Waals surface area (Å²) in [4.78, 5) is 18.0. The molecule has 1 aliphatic rings. The molecule has 0 unspecified atom stereocenters. The van der Waals surface area contributed by atoms with Crippen molar-refractivity contribution in [2.24, 2.45) is 0 Å². The number of aromatic nitrogens is 3. The van der Waals surface area contributed by atoms with Crippen LogP contribution in [0, 0.1) is 0 Å². The van der Waals surface area contributed by atoms with Crippen molar-refractivity contribution >= 4 is 5.91 Å². The molecule has 1 aromatic carbocycles. The summed E-state index contributed by atoms with van der Waals surface area (Å²) in [7, 11) is 0. The first-order chi connectivity index (χ1) is 12.5. The maximum absolute atomic E-state index is 12.2. The number of aliphatic hydroxyl groups is 1. The maximum atomic E-state index is 12.2. The minimum Gasteiger partial charge on any atom is -0.448 e. The number of rotatable bonds is 4. The molecule has 7 nitrogen and oxygen atoms in total. The zero-order valence-corrected chi connectivity index (χ0v) is 14.3. The van der Waals surface area contributed by atoms with Crippen molar-refractivity contribution in [3.05, 3.63) is 66.0 Å². The van der Waals surface area contributed by atoms with Gasteiger partial charge in [0.25, 0.3) is 5.91 Å². The van der Waals surface area contributed by atoms with Gasteiger partial charge in [-0.1, -0.05) is 30.3 Å². The number of hydrogen-bond donors (Lipinski definition) is 1. The lowest BCUT2D eigenvalue weighted by Gasteiger charge is -2.43. The van der Waals surface area contributed by atoms with Crippen molar-refractivity contribution < 1.29 is 14.3 Å². The van der Waals surface area contributed by atoms with Crippen LogP contribution in [0.4, 0.5) is 0 Å². The molecule has 0 spiro atoms. The summed E-state index contributed by atoms with van der Waals surface area (Å²) in [6.07, 6.45) is 1.70. The Bertz CT molecular complexity index is 911. The van der Waals surface area contributed by atoms with E-state index in [1.165, 1.54) is 11.2 Å². The second kappa shape index (κ2) is 6.34. The molecule has 4 rings (SSSR count). The number of amides is 1. The summed E-state index contributed by atoms with van der Waals surface area (Å²) in [5, 5.41) is 18.2. The van der Waals surface area contributed by atoms with Gasteiger partial charge in [-0.3, -0.25) is 4.79 Å². The van der Waals surface area contributed by atoms with Crippen LogP contribution < -0.4 is 0 Å². The van der Waals surface area contributed by atoms with E-state index in [4.69, 9.17) is 4.42 Å². The zero-order chi connectivity index (χ0) is 18.1. The molecule has 3 heterocycles. The van der Waals surface area contributed by atoms with Crippen molar-refractivity contribution in [1.29, 1.82) is 0 Å². The highest BCUT2D eigenvalue weighted by Gasteiger charge is 2.40. The Morgan fingerprint density at radius 1 is 1.19 bits per heavy atom. The standard InChI is InChI=1S/C19H18N4O3/c1-19(25)11-23(12-19)18(24)16-10-26-17(20-16)9-14-7-8-15(22-21-14)13-5-3-2-4-6-13/h2-8,10,25H,9,11-12H2,1H3. The number of benzene rings is 1. The molecule has 1 N–H and O–H groups in total. The van der Waals surface area contributed by atoms with Crippen LogP contribution in [0.2, 0.25) is 0 Å². The summed E-state index contributed by atoms with van der Waals surface area (Å²) in [6.45, 7) is 2.31. The number of carbonyl (C=O) groups excluding carboxylic acids is 1. The van der Waals surface area contributed by atoms with E-state index >= 15 is 0 Å². The average molecular weight is 350 g/mol. The van der Waals surface area contributed by atoms with Gasteiger partial charge in [0, 0.05) is 5.56 Å². The third kappa shape index (κ3) is 3.34. The lowest BCUT2D eigenvalue weighted by Crippen LogP contribution is -2.61. The van der Waals surface area contributed by atoms with Gasteiger partial charge >= 0.3 is 0 Å². The molecule has 0 radical (unpaired) electrons. The van der Waals surface area contributed by atoms with Crippen LogP contribution in [0.15, 0.2) is 53.1 Å². The Balaban J connectivity index is 1.42. The lowest BCUT2D eigenvalue weighted by molar-refractivity contribution is -0.0670. The fourth-order valence-electron chi connectivity index (χ4n) is 2.94. The average Bonchev–Trinajstić information content (AvgIpc) is 3.09. The summed E-state index contributed by atoms with van der Waals surface area (Å²) >= 11 is 0. The number of nitrogens with zero attached hydrogens (tertiary/aromatic N) is 4. The smallest absolute Gasteiger partial charge is 0.276 e. The molecule has 0 bridgehead atoms. The maximum Gasteiger partial charge on any atom is 0.276 e. The Morgan fingerprint density at radius 2 is 1.96 bits per heavy atom. The largest absolute Gasteiger partial charge is 0.448 e. The molecule has 0 atom stereocenters. The van der Waals surface area contributed by atoms with E-state index in [1.807, 2.05) is 42.5 Å². The molecule has 2 aromatic heterocycles. The molecule has 0 saturated carbocycles. The van der Waals surface area contributed by atoms with E-state index in [9.17, 15) is 9.90 Å². The Labute approximate surface area is 150 Å². The normalized spacial score (nSPS) is 15.5. The molecular weight excluding hydrogens is 332 g/mol. The minimum atomic E-state index is -0.807. The van der Waals surface area contributed by atoms with E-state index in [-0.39, 0.29) is 11.6 Å². The second-order valence-corrected chi connectivity index (χ2v) is 6.74. The van der Waals surface area contributed by atoms with Crippen LogP contribution in [0.1, 0.15) is 29.0 Å². The molecule has 3 aromatic rings. The first-order valence-electron chi connectivity index (χ1n) is 8.34. The molecule has 1 aliphatic heterocycles. The predicted molar refractivity (Wildman–Crippen MR) is 93.3 cm³/mol. The van der Waals surface area contributed by atoms with Crippen molar-refractivity contribution in [1.82, 2.24) is 20.1 Å².